The van der Waals surface area contributed by atoms with Crippen LogP contribution in [0, 0.1) is 5.92 Å². The van der Waals surface area contributed by atoms with Gasteiger partial charge in [-0.15, -0.1) is 0 Å². The number of aromatic nitrogens is 1. The molecule has 1 unspecified atom stereocenters. The normalized spacial score (nSPS) is 11.7. The number of hydrogen-bond donors (Lipinski definition) is 1. The Balaban J connectivity index is 2.09. The first-order chi connectivity index (χ1) is 12.9. The molecule has 6 nitrogen and oxygen atoms in total. The Morgan fingerprint density at radius 3 is 2.37 bits per heavy atom. The summed E-state index contributed by atoms with van der Waals surface area (Å²) in [5, 5.41) is 2.88. The molecule has 1 aromatic carbocycles. The lowest BCUT2D eigenvalue weighted by Gasteiger charge is -2.30. The van der Waals surface area contributed by atoms with Gasteiger partial charge < -0.3 is 15.0 Å². The van der Waals surface area contributed by atoms with E-state index in [1.807, 2.05) is 50.2 Å². The van der Waals surface area contributed by atoms with Gasteiger partial charge in [0.2, 0.25) is 11.8 Å². The van der Waals surface area contributed by atoms with Crippen LogP contribution in [0.5, 0.6) is 5.75 Å². The quantitative estimate of drug-likeness (QED) is 0.777. The average molecular weight is 369 g/mol. The highest BCUT2D eigenvalue weighted by Crippen LogP contribution is 2.16. The maximum atomic E-state index is 12.7. The number of methoxy groups -OCH3 is 1. The van der Waals surface area contributed by atoms with Crippen molar-refractivity contribution in [2.45, 2.75) is 39.9 Å². The van der Waals surface area contributed by atoms with Crippen LogP contribution < -0.4 is 10.1 Å². The van der Waals surface area contributed by atoms with Crippen molar-refractivity contribution >= 4 is 11.8 Å². The summed E-state index contributed by atoms with van der Waals surface area (Å²) in [6.45, 7) is 6.17. The smallest absolute Gasteiger partial charge is 0.242 e. The molecular formula is C21H27N3O3. The molecular weight excluding hydrogens is 342 g/mol. The van der Waals surface area contributed by atoms with Gasteiger partial charge in [0.1, 0.15) is 11.8 Å². The highest BCUT2D eigenvalue weighted by Gasteiger charge is 2.27. The first kappa shape index (κ1) is 20.4. The Labute approximate surface area is 160 Å². The number of ether oxygens (including phenoxy) is 1. The van der Waals surface area contributed by atoms with Gasteiger partial charge in [-0.2, -0.15) is 0 Å². The standard InChI is InChI=1S/C21H27N3O3/c1-15(2)21(26)24(14-17-7-9-19(27-4)10-8-17)16(3)20(25)23-13-18-6-5-11-22-12-18/h5-12,15-16H,13-14H2,1-4H3,(H,23,25). The number of pyridine rings is 1. The van der Waals surface area contributed by atoms with E-state index in [4.69, 9.17) is 4.74 Å². The molecule has 0 aliphatic carbocycles. The number of hydrogen-bond acceptors (Lipinski definition) is 4. The molecule has 0 bridgehead atoms. The molecule has 6 heteroatoms. The summed E-state index contributed by atoms with van der Waals surface area (Å²) in [7, 11) is 1.61. The van der Waals surface area contributed by atoms with Crippen LogP contribution in [0.3, 0.4) is 0 Å². The fourth-order valence-electron chi connectivity index (χ4n) is 2.65. The van der Waals surface area contributed by atoms with Crippen LogP contribution in [-0.4, -0.2) is 34.8 Å². The number of benzene rings is 1. The highest BCUT2D eigenvalue weighted by molar-refractivity contribution is 5.88. The van der Waals surface area contributed by atoms with Gasteiger partial charge in [-0.05, 0) is 36.2 Å². The monoisotopic (exact) mass is 369 g/mol. The number of rotatable bonds is 8. The summed E-state index contributed by atoms with van der Waals surface area (Å²) in [5.74, 6) is 0.302. The maximum Gasteiger partial charge on any atom is 0.242 e. The van der Waals surface area contributed by atoms with Gasteiger partial charge in [-0.3, -0.25) is 14.6 Å². The van der Waals surface area contributed by atoms with Gasteiger partial charge in [-0.1, -0.05) is 32.0 Å². The molecule has 2 amide bonds. The van der Waals surface area contributed by atoms with Crippen LogP contribution in [0.25, 0.3) is 0 Å². The van der Waals surface area contributed by atoms with Crippen molar-refractivity contribution in [2.75, 3.05) is 7.11 Å². The van der Waals surface area contributed by atoms with Crippen LogP contribution in [0.1, 0.15) is 31.9 Å². The Kier molecular flexibility index (Phi) is 7.34. The number of carbonyl (C=O) groups is 2. The third-order valence-electron chi connectivity index (χ3n) is 4.33. The van der Waals surface area contributed by atoms with E-state index in [0.717, 1.165) is 16.9 Å². The minimum absolute atomic E-state index is 0.0603. The second-order valence-electron chi connectivity index (χ2n) is 6.72. The largest absolute Gasteiger partial charge is 0.497 e. The fourth-order valence-corrected chi connectivity index (χ4v) is 2.65. The first-order valence-electron chi connectivity index (χ1n) is 9.02. The maximum absolute atomic E-state index is 12.7. The number of amides is 2. The van der Waals surface area contributed by atoms with Crippen LogP contribution >= 0.6 is 0 Å². The predicted octanol–water partition coefficient (Wildman–Crippen LogP) is 2.78. The van der Waals surface area contributed by atoms with E-state index in [-0.39, 0.29) is 17.7 Å². The Hall–Kier alpha value is -2.89. The zero-order valence-electron chi connectivity index (χ0n) is 16.3. The molecule has 2 aromatic rings. The van der Waals surface area contributed by atoms with Crippen molar-refractivity contribution in [3.05, 3.63) is 59.9 Å². The molecule has 27 heavy (non-hydrogen) atoms. The number of carbonyl (C=O) groups excluding carboxylic acids is 2. The van der Waals surface area contributed by atoms with Crippen molar-refractivity contribution < 1.29 is 14.3 Å². The van der Waals surface area contributed by atoms with E-state index in [1.165, 1.54) is 0 Å². The molecule has 0 spiro atoms. The minimum Gasteiger partial charge on any atom is -0.497 e. The number of nitrogens with zero attached hydrogens (tertiary/aromatic N) is 2. The highest BCUT2D eigenvalue weighted by atomic mass is 16.5. The minimum atomic E-state index is -0.585. The molecule has 0 saturated carbocycles. The predicted molar refractivity (Wildman–Crippen MR) is 104 cm³/mol. The first-order valence-corrected chi connectivity index (χ1v) is 9.02. The number of nitrogens with one attached hydrogen (secondary N) is 1. The second-order valence-corrected chi connectivity index (χ2v) is 6.72. The van der Waals surface area contributed by atoms with Crippen molar-refractivity contribution in [3.8, 4) is 5.75 Å². The summed E-state index contributed by atoms with van der Waals surface area (Å²) < 4.78 is 5.17. The van der Waals surface area contributed by atoms with Crippen LogP contribution in [0.15, 0.2) is 48.8 Å². The van der Waals surface area contributed by atoms with Crippen LogP contribution in [0.2, 0.25) is 0 Å². The van der Waals surface area contributed by atoms with Crippen molar-refractivity contribution in [3.63, 3.8) is 0 Å². The molecule has 1 N–H and O–H groups in total. The second kappa shape index (κ2) is 9.71. The molecule has 1 atom stereocenters. The van der Waals surface area contributed by atoms with Crippen molar-refractivity contribution in [1.82, 2.24) is 15.2 Å². The third kappa shape index (κ3) is 5.81. The van der Waals surface area contributed by atoms with E-state index < -0.39 is 6.04 Å². The molecule has 0 saturated heterocycles. The lowest BCUT2D eigenvalue weighted by Crippen LogP contribution is -2.48. The summed E-state index contributed by atoms with van der Waals surface area (Å²) in [4.78, 5) is 31.0. The van der Waals surface area contributed by atoms with Gasteiger partial charge >= 0.3 is 0 Å². The average Bonchev–Trinajstić information content (AvgIpc) is 2.70. The molecule has 0 aliphatic rings. The van der Waals surface area contributed by atoms with Gasteiger partial charge in [0, 0.05) is 31.4 Å². The lowest BCUT2D eigenvalue weighted by atomic mass is 10.1. The van der Waals surface area contributed by atoms with Crippen LogP contribution in [-0.2, 0) is 22.7 Å². The van der Waals surface area contributed by atoms with Gasteiger partial charge in [0.15, 0.2) is 0 Å². The van der Waals surface area contributed by atoms with Gasteiger partial charge in [-0.25, -0.2) is 0 Å². The summed E-state index contributed by atoms with van der Waals surface area (Å²) in [6, 6.07) is 10.6. The van der Waals surface area contributed by atoms with Crippen LogP contribution in [0.4, 0.5) is 0 Å². The zero-order valence-corrected chi connectivity index (χ0v) is 16.3. The zero-order chi connectivity index (χ0) is 19.8. The van der Waals surface area contributed by atoms with Crippen molar-refractivity contribution in [1.29, 1.82) is 0 Å². The molecule has 1 heterocycles. The van der Waals surface area contributed by atoms with E-state index in [2.05, 4.69) is 10.3 Å². The molecule has 2 rings (SSSR count). The molecule has 0 fully saturated rings. The topological polar surface area (TPSA) is 71.5 Å². The molecule has 0 radical (unpaired) electrons. The SMILES string of the molecule is COc1ccc(CN(C(=O)C(C)C)C(C)C(=O)NCc2cccnc2)cc1. The van der Waals surface area contributed by atoms with E-state index in [0.29, 0.717) is 13.1 Å². The Morgan fingerprint density at radius 1 is 1.11 bits per heavy atom. The van der Waals surface area contributed by atoms with Gasteiger partial charge in [0.05, 0.1) is 7.11 Å². The summed E-state index contributed by atoms with van der Waals surface area (Å²) >= 11 is 0. The van der Waals surface area contributed by atoms with E-state index >= 15 is 0 Å². The fraction of sp³-hybridized carbons (Fsp3) is 0.381. The lowest BCUT2D eigenvalue weighted by molar-refractivity contribution is -0.143. The molecule has 1 aromatic heterocycles. The Morgan fingerprint density at radius 2 is 1.81 bits per heavy atom. The van der Waals surface area contributed by atoms with Gasteiger partial charge in [0.25, 0.3) is 0 Å². The van der Waals surface area contributed by atoms with Crippen molar-refractivity contribution in [2.24, 2.45) is 5.92 Å². The molecule has 144 valence electrons. The molecule has 0 aliphatic heterocycles. The van der Waals surface area contributed by atoms with E-state index in [1.54, 1.807) is 31.3 Å². The Bertz CT molecular complexity index is 745. The van der Waals surface area contributed by atoms with E-state index in [9.17, 15) is 9.59 Å². The summed E-state index contributed by atoms with van der Waals surface area (Å²) in [6.07, 6.45) is 3.39. The summed E-state index contributed by atoms with van der Waals surface area (Å²) in [5.41, 5.74) is 1.85. The third-order valence-corrected chi connectivity index (χ3v) is 4.33.